The van der Waals surface area contributed by atoms with Gasteiger partial charge in [0.25, 0.3) is 0 Å². The van der Waals surface area contributed by atoms with E-state index < -0.39 is 0 Å². The number of hydrogen-bond acceptors (Lipinski definition) is 14. The smallest absolute Gasteiger partial charge is 0.487 e. The van der Waals surface area contributed by atoms with Crippen molar-refractivity contribution in [1.82, 2.24) is 39.9 Å². The van der Waals surface area contributed by atoms with E-state index >= 15 is 0 Å². The van der Waals surface area contributed by atoms with Gasteiger partial charge in [0.1, 0.15) is 0 Å². The largest absolute Gasteiger partial charge is 2.00 e. The maximum absolute atomic E-state index is 6.64. The van der Waals surface area contributed by atoms with E-state index in [0.717, 1.165) is 51.4 Å². The maximum Gasteiger partial charge on any atom is 2.00 e. The minimum Gasteiger partial charge on any atom is -0.487 e. The fraction of sp³-hybridized carbons (Fsp3) is 0.500. The van der Waals surface area contributed by atoms with Crippen molar-refractivity contribution < 1.29 is 57.4 Å². The van der Waals surface area contributed by atoms with Gasteiger partial charge in [-0.1, -0.05) is 55.4 Å². The van der Waals surface area contributed by atoms with E-state index in [1.54, 1.807) is 0 Å². The molecule has 2 aliphatic rings. The fourth-order valence-corrected chi connectivity index (χ4v) is 8.82. The predicted octanol–water partition coefficient (Wildman–Crippen LogP) is 15.5. The molecule has 0 spiro atoms. The molecular formula is C64H80N8O8Zn. The van der Waals surface area contributed by atoms with Gasteiger partial charge in [-0.05, 0) is 177 Å². The monoisotopic (exact) mass is 1150 g/mol. The van der Waals surface area contributed by atoms with Crippen LogP contribution in [0.5, 0.6) is 46.0 Å². The van der Waals surface area contributed by atoms with Crippen LogP contribution in [0.4, 0.5) is 0 Å². The Labute approximate surface area is 490 Å². The summed E-state index contributed by atoms with van der Waals surface area (Å²) in [5, 5.41) is 2.70. The average Bonchev–Trinajstić information content (AvgIpc) is 4.24. The van der Waals surface area contributed by atoms with E-state index in [1.807, 2.05) is 104 Å². The Bertz CT molecular complexity index is 3100. The van der Waals surface area contributed by atoms with Gasteiger partial charge in [-0.3, -0.25) is 0 Å². The van der Waals surface area contributed by atoms with Crippen LogP contribution in [0.25, 0.3) is 89.7 Å². The molecule has 2 aliphatic heterocycles. The first kappa shape index (κ1) is 60.4. The van der Waals surface area contributed by atoms with Gasteiger partial charge in [0.15, 0.2) is 46.0 Å². The number of fused-ring (bicyclic) bond motifs is 20. The van der Waals surface area contributed by atoms with E-state index in [2.05, 4.69) is 55.4 Å². The molecule has 7 aromatic rings. The molecule has 5 heterocycles. The minimum atomic E-state index is -0.115. The molecule has 0 radical (unpaired) electrons. The summed E-state index contributed by atoms with van der Waals surface area (Å²) in [7, 11) is 0. The molecule has 0 saturated carbocycles. The van der Waals surface area contributed by atoms with Crippen molar-refractivity contribution in [2.24, 2.45) is 0 Å². The molecule has 0 amide bonds. The van der Waals surface area contributed by atoms with Gasteiger partial charge < -0.3 is 67.8 Å². The van der Waals surface area contributed by atoms with E-state index in [9.17, 15) is 0 Å². The van der Waals surface area contributed by atoms with E-state index in [4.69, 9.17) is 77.8 Å². The second kappa shape index (κ2) is 26.0. The zero-order valence-corrected chi connectivity index (χ0v) is 53.4. The van der Waals surface area contributed by atoms with Crippen molar-refractivity contribution in [2.45, 2.75) is 211 Å². The Morgan fingerprint density at radius 3 is 0.593 bits per heavy atom. The third-order valence-corrected chi connectivity index (χ3v) is 15.2. The topological polar surface area (TPSA) is 179 Å². The second-order valence-electron chi connectivity index (χ2n) is 21.6. The van der Waals surface area contributed by atoms with Gasteiger partial charge in [0.2, 0.25) is 0 Å². The van der Waals surface area contributed by atoms with Crippen LogP contribution in [-0.2, 0) is 19.5 Å². The Balaban J connectivity index is 0.00000860. The summed E-state index contributed by atoms with van der Waals surface area (Å²) >= 11 is 0. The third kappa shape index (κ3) is 13.0. The summed E-state index contributed by atoms with van der Waals surface area (Å²) in [5.74, 6) is 5.97. The average molecular weight is 1150 g/mol. The molecule has 8 unspecified atom stereocenters. The normalized spacial score (nSPS) is 14.8. The van der Waals surface area contributed by atoms with Crippen LogP contribution < -0.4 is 47.9 Å². The Morgan fingerprint density at radius 1 is 0.272 bits per heavy atom. The van der Waals surface area contributed by atoms with Crippen LogP contribution in [0.3, 0.4) is 0 Å². The summed E-state index contributed by atoms with van der Waals surface area (Å²) in [6.45, 7) is 33.1. The molecule has 8 atom stereocenters. The van der Waals surface area contributed by atoms with E-state index in [0.29, 0.717) is 136 Å². The number of benzene rings is 4. The summed E-state index contributed by atoms with van der Waals surface area (Å²) in [6, 6.07) is 15.6. The molecule has 426 valence electrons. The zero-order chi connectivity index (χ0) is 57.1. The Morgan fingerprint density at radius 2 is 0.432 bits per heavy atom. The predicted molar refractivity (Wildman–Crippen MR) is 317 cm³/mol. The molecule has 0 fully saturated rings. The van der Waals surface area contributed by atoms with Crippen molar-refractivity contribution in [3.63, 3.8) is 0 Å². The molecule has 0 N–H and O–H groups in total. The molecule has 0 saturated heterocycles. The van der Waals surface area contributed by atoms with E-state index in [-0.39, 0.29) is 68.3 Å². The first-order valence-corrected chi connectivity index (χ1v) is 29.3. The van der Waals surface area contributed by atoms with Crippen LogP contribution in [0.15, 0.2) is 48.5 Å². The van der Waals surface area contributed by atoms with Crippen LogP contribution in [0, 0.1) is 0 Å². The van der Waals surface area contributed by atoms with Crippen molar-refractivity contribution in [3.8, 4) is 91.5 Å². The van der Waals surface area contributed by atoms with Gasteiger partial charge in [-0.15, -0.1) is 0 Å². The van der Waals surface area contributed by atoms with Crippen LogP contribution in [0.1, 0.15) is 162 Å². The molecule has 16 nitrogen and oxygen atoms in total. The fourth-order valence-electron chi connectivity index (χ4n) is 8.82. The quantitative estimate of drug-likeness (QED) is 0.0521. The first-order valence-electron chi connectivity index (χ1n) is 29.3. The Kier molecular flexibility index (Phi) is 19.4. The first-order chi connectivity index (χ1) is 38.5. The summed E-state index contributed by atoms with van der Waals surface area (Å²) in [5.41, 5.74) is 4.13. The maximum atomic E-state index is 6.64. The van der Waals surface area contributed by atoms with Crippen molar-refractivity contribution >= 4 is 44.1 Å². The van der Waals surface area contributed by atoms with Gasteiger partial charge in [-0.2, -0.15) is 0 Å². The molecule has 4 aromatic carbocycles. The van der Waals surface area contributed by atoms with Gasteiger partial charge >= 0.3 is 19.5 Å². The molecule has 9 rings (SSSR count). The number of nitrogens with zero attached hydrogens (tertiary/aromatic N) is 8. The zero-order valence-electron chi connectivity index (χ0n) is 50.4. The van der Waals surface area contributed by atoms with Gasteiger partial charge in [0, 0.05) is 44.8 Å². The third-order valence-electron chi connectivity index (χ3n) is 15.2. The van der Waals surface area contributed by atoms with Crippen molar-refractivity contribution in [1.29, 1.82) is 0 Å². The van der Waals surface area contributed by atoms with Crippen LogP contribution >= 0.6 is 0 Å². The number of ether oxygens (including phenoxy) is 8. The Hall–Kier alpha value is -6.74. The van der Waals surface area contributed by atoms with Crippen molar-refractivity contribution in [2.75, 3.05) is 0 Å². The number of rotatable bonds is 24. The number of aromatic nitrogens is 8. The molecule has 0 aliphatic carbocycles. The molecule has 17 heteroatoms. The second-order valence-corrected chi connectivity index (χ2v) is 21.6. The standard InChI is InChI=1S/C64H80N8O8.Zn/c1-17-33(9)73-49-25-41-42(26-50(49)74-34(10)18-2)58-65-57(41)69-59-43-27-51(75-35(11)19-3)52(76-36(12)20-4)28-44(43)61(66-59)71-63-47-31-55(79-39(15)23-7)56(80-40(16)24-8)32-48(47)64(68-63)72-62-46-30-54(78-38(14)22-6)53(77-37(13)21-5)29-45(46)60(67-62)70-58;/h25-40H,17-24H2,1-16H3;/q-2;+2. The van der Waals surface area contributed by atoms with E-state index in [1.165, 1.54) is 0 Å². The molecular weight excluding hydrogens is 1070 g/mol. The summed E-state index contributed by atoms with van der Waals surface area (Å²) in [4.78, 5) is 42.7. The molecule has 81 heavy (non-hydrogen) atoms. The number of hydrogen-bond donors (Lipinski definition) is 0. The van der Waals surface area contributed by atoms with Gasteiger partial charge in [0.05, 0.1) is 72.1 Å². The molecule has 8 bridgehead atoms. The van der Waals surface area contributed by atoms with Crippen LogP contribution in [-0.4, -0.2) is 78.7 Å². The summed E-state index contributed by atoms with van der Waals surface area (Å²) in [6.07, 6.45) is 5.31. The van der Waals surface area contributed by atoms with Crippen LogP contribution in [0.2, 0.25) is 0 Å². The van der Waals surface area contributed by atoms with Crippen molar-refractivity contribution in [3.05, 3.63) is 48.5 Å². The minimum absolute atomic E-state index is 0. The van der Waals surface area contributed by atoms with Gasteiger partial charge in [-0.25, -0.2) is 9.97 Å². The SMILES string of the molecule is CCC(C)Oc1cc2c(cc1OC(C)CC)-c1nc-2nc2[n-]c(nc3nc(nc4[n-]c(n1)c1cc(OC(C)CC)c(OC(C)CC)cc41)-c1cc(OC(C)CC)c(OC(C)CC)cc1-3)c1cc(OC(C)CC)c(OC(C)CC)cc21.[Zn+2]. The summed E-state index contributed by atoms with van der Waals surface area (Å²) < 4.78 is 53.1. The molecule has 3 aromatic heterocycles.